The van der Waals surface area contributed by atoms with Crippen LogP contribution >= 0.6 is 0 Å². The predicted molar refractivity (Wildman–Crippen MR) is 67.5 cm³/mol. The van der Waals surface area contributed by atoms with Crippen molar-refractivity contribution in [1.29, 1.82) is 0 Å². The average Bonchev–Trinajstić information content (AvgIpc) is 2.35. The van der Waals surface area contributed by atoms with E-state index in [1.165, 1.54) is 12.8 Å². The molecule has 1 aromatic rings. The van der Waals surface area contributed by atoms with Gasteiger partial charge in [-0.25, -0.2) is 9.97 Å². The van der Waals surface area contributed by atoms with E-state index in [0.717, 1.165) is 19.5 Å². The standard InChI is InChI=1S/C12H22N4/c1-3-11(4-2)13-7-5-8-14-12-15-9-6-10-16-12/h6,9-11,13H,3-5,7-8H2,1-2H3,(H,14,15,16). The Kier molecular flexibility index (Phi) is 6.49. The van der Waals surface area contributed by atoms with Crippen LogP contribution in [0.25, 0.3) is 0 Å². The van der Waals surface area contributed by atoms with E-state index in [1.807, 2.05) is 6.07 Å². The molecule has 0 fully saturated rings. The van der Waals surface area contributed by atoms with Crippen LogP contribution in [0.4, 0.5) is 5.95 Å². The van der Waals surface area contributed by atoms with Crippen LogP contribution in [0.1, 0.15) is 33.1 Å². The highest BCUT2D eigenvalue weighted by Gasteiger charge is 2.00. The van der Waals surface area contributed by atoms with Crippen LogP contribution in [0.15, 0.2) is 18.5 Å². The lowest BCUT2D eigenvalue weighted by molar-refractivity contribution is 0.482. The zero-order chi connectivity index (χ0) is 11.6. The van der Waals surface area contributed by atoms with Crippen molar-refractivity contribution >= 4 is 5.95 Å². The molecule has 0 spiro atoms. The molecule has 4 nitrogen and oxygen atoms in total. The second-order valence-electron chi connectivity index (χ2n) is 3.82. The predicted octanol–water partition coefficient (Wildman–Crippen LogP) is 2.06. The molecule has 2 N–H and O–H groups in total. The summed E-state index contributed by atoms with van der Waals surface area (Å²) in [7, 11) is 0. The first-order valence-corrected chi connectivity index (χ1v) is 6.11. The van der Waals surface area contributed by atoms with Gasteiger partial charge in [-0.2, -0.15) is 0 Å². The fourth-order valence-corrected chi connectivity index (χ4v) is 1.56. The van der Waals surface area contributed by atoms with Crippen LogP contribution in [0.3, 0.4) is 0 Å². The molecule has 0 aliphatic rings. The van der Waals surface area contributed by atoms with Crippen molar-refractivity contribution in [3.63, 3.8) is 0 Å². The summed E-state index contributed by atoms with van der Waals surface area (Å²) >= 11 is 0. The second kappa shape index (κ2) is 8.05. The molecule has 0 saturated carbocycles. The molecule has 0 aromatic carbocycles. The summed E-state index contributed by atoms with van der Waals surface area (Å²) in [5.41, 5.74) is 0. The Morgan fingerprint density at radius 2 is 1.81 bits per heavy atom. The molecule has 0 unspecified atom stereocenters. The van der Waals surface area contributed by atoms with E-state index in [-0.39, 0.29) is 0 Å². The molecule has 0 bridgehead atoms. The topological polar surface area (TPSA) is 49.8 Å². The van der Waals surface area contributed by atoms with E-state index in [2.05, 4.69) is 34.4 Å². The Balaban J connectivity index is 2.04. The Labute approximate surface area is 97.9 Å². The van der Waals surface area contributed by atoms with E-state index < -0.39 is 0 Å². The zero-order valence-electron chi connectivity index (χ0n) is 10.2. The summed E-state index contributed by atoms with van der Waals surface area (Å²) in [6.45, 7) is 6.40. The average molecular weight is 222 g/mol. The van der Waals surface area contributed by atoms with Gasteiger partial charge in [-0.1, -0.05) is 13.8 Å². The van der Waals surface area contributed by atoms with Gasteiger partial charge in [-0.05, 0) is 31.9 Å². The molecular weight excluding hydrogens is 200 g/mol. The van der Waals surface area contributed by atoms with E-state index in [0.29, 0.717) is 12.0 Å². The summed E-state index contributed by atoms with van der Waals surface area (Å²) in [5, 5.41) is 6.72. The first-order chi connectivity index (χ1) is 7.86. The molecule has 90 valence electrons. The van der Waals surface area contributed by atoms with Gasteiger partial charge in [0.05, 0.1) is 0 Å². The second-order valence-corrected chi connectivity index (χ2v) is 3.82. The molecule has 0 saturated heterocycles. The van der Waals surface area contributed by atoms with Gasteiger partial charge in [0.25, 0.3) is 0 Å². The van der Waals surface area contributed by atoms with Crippen LogP contribution in [0.5, 0.6) is 0 Å². The van der Waals surface area contributed by atoms with Crippen molar-refractivity contribution in [3.8, 4) is 0 Å². The van der Waals surface area contributed by atoms with Crippen LogP contribution in [-0.4, -0.2) is 29.1 Å². The minimum atomic E-state index is 0.660. The van der Waals surface area contributed by atoms with Crippen LogP contribution in [0.2, 0.25) is 0 Å². The first-order valence-electron chi connectivity index (χ1n) is 6.11. The lowest BCUT2D eigenvalue weighted by Gasteiger charge is -2.14. The molecule has 0 amide bonds. The molecule has 4 heteroatoms. The highest BCUT2D eigenvalue weighted by molar-refractivity contribution is 5.21. The number of nitrogens with one attached hydrogen (secondary N) is 2. The lowest BCUT2D eigenvalue weighted by Crippen LogP contribution is -2.29. The van der Waals surface area contributed by atoms with Gasteiger partial charge in [-0.3, -0.25) is 0 Å². The maximum absolute atomic E-state index is 4.10. The maximum atomic E-state index is 4.10. The van der Waals surface area contributed by atoms with Crippen LogP contribution < -0.4 is 10.6 Å². The normalized spacial score (nSPS) is 10.7. The lowest BCUT2D eigenvalue weighted by atomic mass is 10.2. The van der Waals surface area contributed by atoms with Crippen molar-refractivity contribution in [2.75, 3.05) is 18.4 Å². The van der Waals surface area contributed by atoms with Gasteiger partial charge in [0.2, 0.25) is 5.95 Å². The molecular formula is C12H22N4. The monoisotopic (exact) mass is 222 g/mol. The zero-order valence-corrected chi connectivity index (χ0v) is 10.2. The summed E-state index contributed by atoms with van der Waals surface area (Å²) in [5.74, 6) is 0.713. The Bertz CT molecular complexity index is 259. The Hall–Kier alpha value is -1.16. The number of rotatable bonds is 8. The van der Waals surface area contributed by atoms with Crippen molar-refractivity contribution in [2.45, 2.75) is 39.2 Å². The molecule has 1 aromatic heterocycles. The number of hydrogen-bond donors (Lipinski definition) is 2. The van der Waals surface area contributed by atoms with Crippen LogP contribution in [0, 0.1) is 0 Å². The number of aromatic nitrogens is 2. The third-order valence-corrected chi connectivity index (χ3v) is 2.62. The van der Waals surface area contributed by atoms with Crippen molar-refractivity contribution < 1.29 is 0 Å². The molecule has 0 atom stereocenters. The van der Waals surface area contributed by atoms with Crippen LogP contribution in [-0.2, 0) is 0 Å². The summed E-state index contributed by atoms with van der Waals surface area (Å²) in [6, 6.07) is 2.48. The quantitative estimate of drug-likeness (QED) is 0.661. The third kappa shape index (κ3) is 5.07. The highest BCUT2D eigenvalue weighted by atomic mass is 15.1. The van der Waals surface area contributed by atoms with Gasteiger partial charge >= 0.3 is 0 Å². The third-order valence-electron chi connectivity index (χ3n) is 2.62. The number of nitrogens with zero attached hydrogens (tertiary/aromatic N) is 2. The van der Waals surface area contributed by atoms with Gasteiger partial charge in [0.1, 0.15) is 0 Å². The molecule has 0 radical (unpaired) electrons. The van der Waals surface area contributed by atoms with Gasteiger partial charge in [-0.15, -0.1) is 0 Å². The smallest absolute Gasteiger partial charge is 0.222 e. The SMILES string of the molecule is CCC(CC)NCCCNc1ncccn1. The Morgan fingerprint density at radius 1 is 1.12 bits per heavy atom. The van der Waals surface area contributed by atoms with E-state index >= 15 is 0 Å². The summed E-state index contributed by atoms with van der Waals surface area (Å²) in [6.07, 6.45) is 6.99. The summed E-state index contributed by atoms with van der Waals surface area (Å²) in [4.78, 5) is 8.20. The number of hydrogen-bond acceptors (Lipinski definition) is 4. The Morgan fingerprint density at radius 3 is 2.44 bits per heavy atom. The minimum Gasteiger partial charge on any atom is -0.354 e. The minimum absolute atomic E-state index is 0.660. The number of anilines is 1. The van der Waals surface area contributed by atoms with Gasteiger partial charge in [0, 0.05) is 25.0 Å². The fraction of sp³-hybridized carbons (Fsp3) is 0.667. The fourth-order valence-electron chi connectivity index (χ4n) is 1.56. The largest absolute Gasteiger partial charge is 0.354 e. The first kappa shape index (κ1) is 12.9. The van der Waals surface area contributed by atoms with Crippen molar-refractivity contribution in [3.05, 3.63) is 18.5 Å². The van der Waals surface area contributed by atoms with E-state index in [4.69, 9.17) is 0 Å². The molecule has 0 aliphatic carbocycles. The van der Waals surface area contributed by atoms with Gasteiger partial charge in [0.15, 0.2) is 0 Å². The van der Waals surface area contributed by atoms with E-state index in [9.17, 15) is 0 Å². The van der Waals surface area contributed by atoms with Crippen molar-refractivity contribution in [2.24, 2.45) is 0 Å². The van der Waals surface area contributed by atoms with E-state index in [1.54, 1.807) is 12.4 Å². The maximum Gasteiger partial charge on any atom is 0.222 e. The molecule has 1 rings (SSSR count). The van der Waals surface area contributed by atoms with Crippen molar-refractivity contribution in [1.82, 2.24) is 15.3 Å². The van der Waals surface area contributed by atoms with Gasteiger partial charge < -0.3 is 10.6 Å². The summed E-state index contributed by atoms with van der Waals surface area (Å²) < 4.78 is 0. The molecule has 0 aliphatic heterocycles. The highest BCUT2D eigenvalue weighted by Crippen LogP contribution is 1.96. The molecule has 1 heterocycles. The molecule has 16 heavy (non-hydrogen) atoms.